The van der Waals surface area contributed by atoms with Crippen molar-refractivity contribution >= 4 is 17.1 Å². The lowest BCUT2D eigenvalue weighted by Crippen LogP contribution is -2.38. The third kappa shape index (κ3) is 2.21. The number of hydrogen-bond donors (Lipinski definition) is 2. The Bertz CT molecular complexity index is 831. The van der Waals surface area contributed by atoms with E-state index in [1.807, 2.05) is 0 Å². The van der Waals surface area contributed by atoms with E-state index in [0.717, 1.165) is 13.7 Å². The largest absolute Gasteiger partial charge is 0.437 e. The smallest absolute Gasteiger partial charge is 0.394 e. The molecule has 2 aromatic heterocycles. The molecule has 0 saturated heterocycles. The summed E-state index contributed by atoms with van der Waals surface area (Å²) >= 11 is 0. The van der Waals surface area contributed by atoms with Gasteiger partial charge in [-0.3, -0.25) is 13.9 Å². The molecule has 0 saturated carbocycles. The number of aryl methyl sites for hydroxylation is 1. The molecule has 0 aliphatic rings. The van der Waals surface area contributed by atoms with Gasteiger partial charge >= 0.3 is 11.6 Å². The van der Waals surface area contributed by atoms with Gasteiger partial charge in [-0.25, -0.2) is 9.36 Å². The Labute approximate surface area is 116 Å². The van der Waals surface area contributed by atoms with Gasteiger partial charge in [0.15, 0.2) is 0 Å². The molecule has 0 radical (unpaired) electrons. The van der Waals surface area contributed by atoms with Crippen molar-refractivity contribution < 1.29 is 15.1 Å². The molecule has 0 amide bonds. The molecule has 21 heavy (non-hydrogen) atoms. The third-order valence-electron chi connectivity index (χ3n) is 3.10. The highest BCUT2D eigenvalue weighted by Gasteiger charge is 2.29. The molecule has 2 N–H and O–H groups in total. The van der Waals surface area contributed by atoms with Crippen molar-refractivity contribution in [1.82, 2.24) is 18.7 Å². The van der Waals surface area contributed by atoms with E-state index in [2.05, 4.69) is 4.98 Å². The van der Waals surface area contributed by atoms with Crippen LogP contribution in [0.4, 0.5) is 5.95 Å². The van der Waals surface area contributed by atoms with Crippen LogP contribution in [0.1, 0.15) is 0 Å². The fraction of sp³-hybridized carbons (Fsp3) is 0.500. The quantitative estimate of drug-likeness (QED) is 0.476. The number of rotatable bonds is 4. The molecule has 0 fully saturated rings. The highest BCUT2D eigenvalue weighted by molar-refractivity contribution is 5.72. The number of imidazole rings is 1. The highest BCUT2D eigenvalue weighted by Crippen LogP contribution is 2.17. The Morgan fingerprint density at radius 1 is 1.33 bits per heavy atom. The summed E-state index contributed by atoms with van der Waals surface area (Å²) in [5, 5.41) is 29.4. The van der Waals surface area contributed by atoms with Crippen LogP contribution in [0.3, 0.4) is 0 Å². The molecular weight excluding hydrogens is 286 g/mol. The summed E-state index contributed by atoms with van der Waals surface area (Å²) in [5.74, 6) is -0.684. The average molecular weight is 299 g/mol. The lowest BCUT2D eigenvalue weighted by molar-refractivity contribution is -0.396. The number of fused-ring (bicyclic) bond motifs is 1. The summed E-state index contributed by atoms with van der Waals surface area (Å²) in [7, 11) is 2.56. The van der Waals surface area contributed by atoms with Crippen molar-refractivity contribution in [3.8, 4) is 0 Å². The van der Waals surface area contributed by atoms with E-state index in [0.29, 0.717) is 0 Å². The molecule has 0 aromatic carbocycles. The van der Waals surface area contributed by atoms with Crippen molar-refractivity contribution in [2.45, 2.75) is 12.6 Å². The first kappa shape index (κ1) is 14.9. The van der Waals surface area contributed by atoms with Gasteiger partial charge in [0, 0.05) is 14.1 Å². The van der Waals surface area contributed by atoms with Gasteiger partial charge in [-0.1, -0.05) is 0 Å². The summed E-state index contributed by atoms with van der Waals surface area (Å²) in [5.41, 5.74) is -1.77. The van der Waals surface area contributed by atoms with Crippen LogP contribution < -0.4 is 11.2 Å². The van der Waals surface area contributed by atoms with Crippen molar-refractivity contribution in [2.24, 2.45) is 14.1 Å². The zero-order valence-electron chi connectivity index (χ0n) is 11.3. The molecule has 114 valence electrons. The predicted molar refractivity (Wildman–Crippen MR) is 70.0 cm³/mol. The van der Waals surface area contributed by atoms with Crippen LogP contribution in [0.5, 0.6) is 0 Å². The summed E-state index contributed by atoms with van der Waals surface area (Å²) in [4.78, 5) is 37.8. The van der Waals surface area contributed by atoms with Crippen LogP contribution in [0.25, 0.3) is 11.2 Å². The highest BCUT2D eigenvalue weighted by atomic mass is 16.6. The Morgan fingerprint density at radius 3 is 2.48 bits per heavy atom. The van der Waals surface area contributed by atoms with Gasteiger partial charge < -0.3 is 20.3 Å². The number of aromatic nitrogens is 4. The predicted octanol–water partition coefficient (Wildman–Crippen LogP) is -2.30. The molecule has 2 heterocycles. The van der Waals surface area contributed by atoms with Gasteiger partial charge in [-0.2, -0.15) is 0 Å². The van der Waals surface area contributed by atoms with E-state index in [4.69, 9.17) is 5.11 Å². The Hall–Kier alpha value is -2.53. The zero-order valence-corrected chi connectivity index (χ0v) is 11.3. The van der Waals surface area contributed by atoms with Crippen molar-refractivity contribution in [2.75, 3.05) is 6.61 Å². The molecular formula is C10H13N5O6. The molecule has 0 aliphatic carbocycles. The monoisotopic (exact) mass is 299 g/mol. The number of aliphatic hydroxyl groups excluding tert-OH is 2. The van der Waals surface area contributed by atoms with Crippen molar-refractivity contribution in [1.29, 1.82) is 0 Å². The minimum atomic E-state index is -1.30. The fourth-order valence-corrected chi connectivity index (χ4v) is 2.02. The number of hydrogen-bond acceptors (Lipinski definition) is 7. The van der Waals surface area contributed by atoms with Gasteiger partial charge in [0.05, 0.1) is 6.61 Å². The first-order valence-electron chi connectivity index (χ1n) is 5.89. The van der Waals surface area contributed by atoms with Crippen LogP contribution in [0, 0.1) is 10.1 Å². The minimum Gasteiger partial charge on any atom is -0.394 e. The topological polar surface area (TPSA) is 145 Å². The van der Waals surface area contributed by atoms with E-state index in [1.54, 1.807) is 0 Å². The van der Waals surface area contributed by atoms with E-state index >= 15 is 0 Å². The second-order valence-corrected chi connectivity index (χ2v) is 4.49. The van der Waals surface area contributed by atoms with Crippen LogP contribution >= 0.6 is 0 Å². The molecule has 0 spiro atoms. The average Bonchev–Trinajstić information content (AvgIpc) is 2.82. The van der Waals surface area contributed by atoms with Crippen molar-refractivity contribution in [3.05, 3.63) is 31.0 Å². The maximum atomic E-state index is 12.1. The van der Waals surface area contributed by atoms with Gasteiger partial charge in [-0.15, -0.1) is 0 Å². The van der Waals surface area contributed by atoms with Gasteiger partial charge in [-0.05, 0) is 9.91 Å². The Balaban J connectivity index is 2.93. The lowest BCUT2D eigenvalue weighted by atomic mass is 10.3. The standard InChI is InChI=1S/C10H13N5O6/c1-12-7-6(8(18)13(2)10(12)19)14(3-5(17)4-16)9(11-7)15(20)21/h5,16-17H,3-4H2,1-2H3/t5-/m1/s1. The molecule has 2 rings (SSSR count). The van der Waals surface area contributed by atoms with Crippen LogP contribution in [0.2, 0.25) is 0 Å². The van der Waals surface area contributed by atoms with Crippen LogP contribution in [-0.2, 0) is 20.6 Å². The van der Waals surface area contributed by atoms with Crippen molar-refractivity contribution in [3.63, 3.8) is 0 Å². The fourth-order valence-electron chi connectivity index (χ4n) is 2.02. The SMILES string of the molecule is Cn1c(=O)c2c(nc([N+](=O)[O-])n2C[C@@H](O)CO)n(C)c1=O. The molecule has 0 aliphatic heterocycles. The zero-order chi connectivity index (χ0) is 15.9. The molecule has 1 atom stereocenters. The molecule has 0 unspecified atom stereocenters. The Morgan fingerprint density at radius 2 is 1.95 bits per heavy atom. The van der Waals surface area contributed by atoms with Crippen LogP contribution in [0.15, 0.2) is 9.59 Å². The second-order valence-electron chi connectivity index (χ2n) is 4.49. The first-order chi connectivity index (χ1) is 9.79. The third-order valence-corrected chi connectivity index (χ3v) is 3.10. The second kappa shape index (κ2) is 5.10. The van der Waals surface area contributed by atoms with Gasteiger partial charge in [0.25, 0.3) is 11.2 Å². The van der Waals surface area contributed by atoms with Gasteiger partial charge in [0.1, 0.15) is 12.6 Å². The molecule has 2 aromatic rings. The van der Waals surface area contributed by atoms with Gasteiger partial charge in [0.2, 0.25) is 5.52 Å². The van der Waals surface area contributed by atoms with E-state index in [9.17, 15) is 24.8 Å². The molecule has 11 nitrogen and oxygen atoms in total. The Kier molecular flexibility index (Phi) is 3.61. The number of nitrogens with zero attached hydrogens (tertiary/aromatic N) is 5. The number of nitro groups is 1. The summed E-state index contributed by atoms with van der Waals surface area (Å²) < 4.78 is 2.68. The van der Waals surface area contributed by atoms with E-state index in [1.165, 1.54) is 14.1 Å². The first-order valence-corrected chi connectivity index (χ1v) is 5.89. The maximum absolute atomic E-state index is 12.1. The maximum Gasteiger partial charge on any atom is 0.437 e. The summed E-state index contributed by atoms with van der Waals surface area (Å²) in [6.07, 6.45) is -1.30. The normalized spacial score (nSPS) is 12.8. The summed E-state index contributed by atoms with van der Waals surface area (Å²) in [6.45, 7) is -1.03. The molecule has 11 heteroatoms. The van der Waals surface area contributed by atoms with E-state index in [-0.39, 0.29) is 11.2 Å². The lowest BCUT2D eigenvalue weighted by Gasteiger charge is -2.07. The summed E-state index contributed by atoms with van der Waals surface area (Å²) in [6, 6.07) is 0. The minimum absolute atomic E-state index is 0.153. The van der Waals surface area contributed by atoms with E-state index < -0.39 is 41.4 Å². The number of aliphatic hydroxyl groups is 2. The molecule has 0 bridgehead atoms. The van der Waals surface area contributed by atoms with Crippen LogP contribution in [-0.4, -0.2) is 46.5 Å².